The molecular weight excluding hydrogens is 635 g/mol. The third kappa shape index (κ3) is 35.0. The molecule has 0 aliphatic heterocycles. The summed E-state index contributed by atoms with van der Waals surface area (Å²) in [6.07, 6.45) is 40.8. The smallest absolute Gasteiger partial charge is 0.267 e. The van der Waals surface area contributed by atoms with Gasteiger partial charge in [-0.05, 0) is 44.9 Å². The van der Waals surface area contributed by atoms with Crippen molar-refractivity contribution in [1.29, 1.82) is 0 Å². The van der Waals surface area contributed by atoms with Gasteiger partial charge in [-0.15, -0.1) is 0 Å². The van der Waals surface area contributed by atoms with Crippen molar-refractivity contribution in [2.45, 2.75) is 225 Å². The number of aliphatic hydroxyl groups excluding tert-OH is 2. The highest BCUT2D eigenvalue weighted by molar-refractivity contribution is 7.85. The molecule has 1 amide bonds. The molecule has 0 aromatic carbocycles. The molecule has 7 nitrogen and oxygen atoms in total. The molecule has 3 unspecified atom stereocenters. The molecule has 0 rings (SSSR count). The molecule has 0 bridgehead atoms. The van der Waals surface area contributed by atoms with E-state index in [1.807, 2.05) is 0 Å². The lowest BCUT2D eigenvalue weighted by molar-refractivity contribution is -0.130. The van der Waals surface area contributed by atoms with Crippen LogP contribution < -0.4 is 5.32 Å². The molecular formula is C41H79NO6S. The summed E-state index contributed by atoms with van der Waals surface area (Å²) < 4.78 is 32.5. The van der Waals surface area contributed by atoms with Crippen LogP contribution in [-0.4, -0.2) is 53.1 Å². The van der Waals surface area contributed by atoms with E-state index in [4.69, 9.17) is 0 Å². The molecule has 49 heavy (non-hydrogen) atoms. The minimum Gasteiger partial charge on any atom is -0.387 e. The summed E-state index contributed by atoms with van der Waals surface area (Å²) in [7, 11) is -4.44. The Balaban J connectivity index is 4.04. The second-order valence-corrected chi connectivity index (χ2v) is 15.9. The van der Waals surface area contributed by atoms with Crippen LogP contribution in [0.15, 0.2) is 24.3 Å². The van der Waals surface area contributed by atoms with E-state index in [9.17, 15) is 28.0 Å². The average Bonchev–Trinajstić information content (AvgIpc) is 3.06. The third-order valence-electron chi connectivity index (χ3n) is 9.48. The molecule has 0 aromatic rings. The van der Waals surface area contributed by atoms with Gasteiger partial charge in [0, 0.05) is 0 Å². The molecule has 0 spiro atoms. The number of carbonyl (C=O) groups excluding carboxylic acids is 1. The Hall–Kier alpha value is -1.22. The standard InChI is InChI=1S/C41H79NO6S/c1-3-5-7-9-11-13-15-17-19-20-21-22-24-25-27-29-31-33-35-39(43)38(37-49(46,47)48)42-41(45)40(44)36-34-32-30-28-26-23-18-16-14-12-10-8-6-4-2/h14,16,33,35,38-40,43-44H,3-13,15,17-32,34,36-37H2,1-2H3,(H,42,45)(H,46,47,48)/b16-14-,35-33+. The first-order chi connectivity index (χ1) is 23.7. The lowest BCUT2D eigenvalue weighted by atomic mass is 10.0. The van der Waals surface area contributed by atoms with Gasteiger partial charge in [-0.25, -0.2) is 0 Å². The Bertz CT molecular complexity index is 890. The van der Waals surface area contributed by atoms with Crippen molar-refractivity contribution in [2.75, 3.05) is 5.75 Å². The van der Waals surface area contributed by atoms with Crippen molar-refractivity contribution < 1.29 is 28.0 Å². The summed E-state index contributed by atoms with van der Waals surface area (Å²) in [6.45, 7) is 4.49. The van der Waals surface area contributed by atoms with Gasteiger partial charge < -0.3 is 15.5 Å². The normalized spacial score (nSPS) is 14.1. The van der Waals surface area contributed by atoms with Crippen molar-refractivity contribution in [3.05, 3.63) is 24.3 Å². The summed E-state index contributed by atoms with van der Waals surface area (Å²) in [4.78, 5) is 12.6. The molecule has 290 valence electrons. The Morgan fingerprint density at radius 1 is 0.551 bits per heavy atom. The fourth-order valence-electron chi connectivity index (χ4n) is 6.27. The molecule has 0 fully saturated rings. The number of hydrogen-bond donors (Lipinski definition) is 4. The lowest BCUT2D eigenvalue weighted by Crippen LogP contribution is -2.50. The second kappa shape index (κ2) is 35.2. The predicted molar refractivity (Wildman–Crippen MR) is 208 cm³/mol. The molecule has 0 aromatic heterocycles. The van der Waals surface area contributed by atoms with E-state index in [1.54, 1.807) is 6.08 Å². The number of nitrogens with one attached hydrogen (secondary N) is 1. The largest absolute Gasteiger partial charge is 0.387 e. The van der Waals surface area contributed by atoms with Crippen LogP contribution in [0, 0.1) is 0 Å². The van der Waals surface area contributed by atoms with Gasteiger partial charge in [0.2, 0.25) is 5.91 Å². The Morgan fingerprint density at radius 2 is 0.898 bits per heavy atom. The maximum Gasteiger partial charge on any atom is 0.267 e. The number of carbonyl (C=O) groups is 1. The van der Waals surface area contributed by atoms with Crippen LogP contribution in [0.25, 0.3) is 0 Å². The summed E-state index contributed by atoms with van der Waals surface area (Å²) in [5.74, 6) is -1.54. The first kappa shape index (κ1) is 47.8. The number of hydrogen-bond acceptors (Lipinski definition) is 5. The van der Waals surface area contributed by atoms with E-state index in [1.165, 1.54) is 141 Å². The summed E-state index contributed by atoms with van der Waals surface area (Å²) in [5, 5.41) is 23.4. The maximum atomic E-state index is 12.6. The van der Waals surface area contributed by atoms with Crippen LogP contribution in [0.1, 0.15) is 206 Å². The minimum atomic E-state index is -4.44. The van der Waals surface area contributed by atoms with Crippen molar-refractivity contribution in [1.82, 2.24) is 5.32 Å². The van der Waals surface area contributed by atoms with E-state index in [-0.39, 0.29) is 6.42 Å². The predicted octanol–water partition coefficient (Wildman–Crippen LogP) is 10.9. The Kier molecular flexibility index (Phi) is 34.3. The first-order valence-corrected chi connectivity index (χ1v) is 22.3. The first-order valence-electron chi connectivity index (χ1n) is 20.6. The summed E-state index contributed by atoms with van der Waals surface area (Å²) in [6, 6.07) is -1.23. The van der Waals surface area contributed by atoms with E-state index in [0.717, 1.165) is 44.9 Å². The summed E-state index contributed by atoms with van der Waals surface area (Å²) >= 11 is 0. The zero-order valence-corrected chi connectivity index (χ0v) is 32.8. The number of amides is 1. The van der Waals surface area contributed by atoms with E-state index < -0.39 is 40.0 Å². The summed E-state index contributed by atoms with van der Waals surface area (Å²) in [5.41, 5.74) is 0. The maximum absolute atomic E-state index is 12.6. The highest BCUT2D eigenvalue weighted by Gasteiger charge is 2.27. The number of aliphatic hydroxyl groups is 2. The monoisotopic (exact) mass is 714 g/mol. The van der Waals surface area contributed by atoms with Crippen molar-refractivity contribution in [2.24, 2.45) is 0 Å². The SMILES string of the molecule is CCCCCC/C=C\CCCCCCCCC(O)C(=O)NC(CS(=O)(=O)O)C(O)/C=C/CCCCCCCCCCCCCCCCCC. The molecule has 0 saturated carbocycles. The van der Waals surface area contributed by atoms with Crippen LogP contribution >= 0.6 is 0 Å². The Morgan fingerprint density at radius 3 is 1.31 bits per heavy atom. The van der Waals surface area contributed by atoms with Crippen LogP contribution in [0.2, 0.25) is 0 Å². The second-order valence-electron chi connectivity index (χ2n) is 14.4. The van der Waals surface area contributed by atoms with Gasteiger partial charge in [0.15, 0.2) is 0 Å². The molecule has 0 aliphatic carbocycles. The number of rotatable bonds is 37. The van der Waals surface area contributed by atoms with Gasteiger partial charge in [0.1, 0.15) is 6.10 Å². The molecule has 0 radical (unpaired) electrons. The molecule has 0 heterocycles. The highest BCUT2D eigenvalue weighted by Crippen LogP contribution is 2.15. The molecule has 8 heteroatoms. The topological polar surface area (TPSA) is 124 Å². The van der Waals surface area contributed by atoms with Crippen molar-refractivity contribution in [3.8, 4) is 0 Å². The van der Waals surface area contributed by atoms with Gasteiger partial charge in [0.05, 0.1) is 17.9 Å². The quantitative estimate of drug-likeness (QED) is 0.0289. The van der Waals surface area contributed by atoms with Crippen molar-refractivity contribution >= 4 is 16.0 Å². The van der Waals surface area contributed by atoms with Gasteiger partial charge >= 0.3 is 0 Å². The zero-order chi connectivity index (χ0) is 36.3. The van der Waals surface area contributed by atoms with Gasteiger partial charge in [-0.3, -0.25) is 9.35 Å². The molecule has 0 aliphatic rings. The molecule has 3 atom stereocenters. The van der Waals surface area contributed by atoms with Crippen molar-refractivity contribution in [3.63, 3.8) is 0 Å². The van der Waals surface area contributed by atoms with Crippen LogP contribution in [0.5, 0.6) is 0 Å². The van der Waals surface area contributed by atoms with Crippen LogP contribution in [-0.2, 0) is 14.9 Å². The third-order valence-corrected chi connectivity index (χ3v) is 10.3. The number of unbranched alkanes of at least 4 members (excludes halogenated alkanes) is 26. The van der Waals surface area contributed by atoms with Crippen LogP contribution in [0.3, 0.4) is 0 Å². The van der Waals surface area contributed by atoms with Gasteiger partial charge in [-0.1, -0.05) is 186 Å². The average molecular weight is 714 g/mol. The van der Waals surface area contributed by atoms with Gasteiger partial charge in [0.25, 0.3) is 10.1 Å². The van der Waals surface area contributed by atoms with Gasteiger partial charge in [-0.2, -0.15) is 8.42 Å². The fraction of sp³-hybridized carbons (Fsp3) is 0.878. The zero-order valence-electron chi connectivity index (χ0n) is 31.9. The van der Waals surface area contributed by atoms with E-state index >= 15 is 0 Å². The Labute approximate surface area is 303 Å². The molecule has 4 N–H and O–H groups in total. The fourth-order valence-corrected chi connectivity index (χ4v) is 7.01. The lowest BCUT2D eigenvalue weighted by Gasteiger charge is -2.22. The molecule has 0 saturated heterocycles. The van der Waals surface area contributed by atoms with E-state index in [2.05, 4.69) is 31.3 Å². The minimum absolute atomic E-state index is 0.274. The number of allylic oxidation sites excluding steroid dienone is 3. The highest BCUT2D eigenvalue weighted by atomic mass is 32.2. The van der Waals surface area contributed by atoms with Crippen LogP contribution in [0.4, 0.5) is 0 Å². The van der Waals surface area contributed by atoms with E-state index in [0.29, 0.717) is 6.42 Å².